The Morgan fingerprint density at radius 1 is 1.38 bits per heavy atom. The fraction of sp³-hybridized carbons (Fsp3) is 0.538. The van der Waals surface area contributed by atoms with Crippen LogP contribution in [0.4, 0.5) is 0 Å². The third-order valence-corrected chi connectivity index (χ3v) is 3.25. The van der Waals surface area contributed by atoms with Crippen LogP contribution in [0.25, 0.3) is 0 Å². The van der Waals surface area contributed by atoms with Gasteiger partial charge in [-0.3, -0.25) is 0 Å². The highest BCUT2D eigenvalue weighted by Gasteiger charge is 1.98. The van der Waals surface area contributed by atoms with Crippen molar-refractivity contribution in [2.24, 2.45) is 5.92 Å². The number of methoxy groups -OCH3 is 1. The van der Waals surface area contributed by atoms with Gasteiger partial charge in [-0.05, 0) is 24.1 Å². The number of ether oxygens (including phenoxy) is 2. The Kier molecular flexibility index (Phi) is 6.34. The molecule has 1 aromatic carbocycles. The largest absolute Gasteiger partial charge is 0.497 e. The second kappa shape index (κ2) is 7.58. The summed E-state index contributed by atoms with van der Waals surface area (Å²) in [6, 6.07) is 8.20. The van der Waals surface area contributed by atoms with Crippen LogP contribution < -0.4 is 4.74 Å². The topological polar surface area (TPSA) is 21.8 Å². The van der Waals surface area contributed by atoms with Crippen LogP contribution >= 0.6 is 11.8 Å². The molecule has 2 nitrogen and oxygen atoms in total. The Hall–Kier alpha value is -0.670. The summed E-state index contributed by atoms with van der Waals surface area (Å²) in [4.78, 5) is 1.29. The molecular weight excluding hydrogens is 220 g/mol. The number of hydrogen-bond acceptors (Lipinski definition) is 3. The summed E-state index contributed by atoms with van der Waals surface area (Å²) in [5.74, 6) is 2.83. The van der Waals surface area contributed by atoms with Crippen molar-refractivity contribution in [3.8, 4) is 5.75 Å². The summed E-state index contributed by atoms with van der Waals surface area (Å²) < 4.78 is 9.65. The van der Waals surface area contributed by atoms with Gasteiger partial charge in [0.2, 0.25) is 0 Å². The van der Waals surface area contributed by atoms with Gasteiger partial charge in [-0.1, -0.05) is 19.9 Å². The van der Waals surface area contributed by atoms with Gasteiger partial charge in [0.15, 0.2) is 0 Å². The molecule has 0 spiro atoms. The van der Waals surface area contributed by atoms with Crippen LogP contribution in [0.15, 0.2) is 29.2 Å². The SMILES string of the molecule is C1CO1.COc1cccc(SCC(C)C)c1. The van der Waals surface area contributed by atoms with Gasteiger partial charge in [-0.15, -0.1) is 11.8 Å². The van der Waals surface area contributed by atoms with E-state index in [9.17, 15) is 0 Å². The van der Waals surface area contributed by atoms with E-state index in [1.807, 2.05) is 23.9 Å². The molecule has 1 heterocycles. The van der Waals surface area contributed by atoms with Crippen molar-refractivity contribution in [1.29, 1.82) is 0 Å². The fourth-order valence-corrected chi connectivity index (χ4v) is 1.85. The molecule has 0 saturated carbocycles. The zero-order valence-electron chi connectivity index (χ0n) is 10.2. The maximum absolute atomic E-state index is 5.15. The van der Waals surface area contributed by atoms with E-state index in [2.05, 4.69) is 30.7 Å². The van der Waals surface area contributed by atoms with E-state index >= 15 is 0 Å². The van der Waals surface area contributed by atoms with Crippen molar-refractivity contribution >= 4 is 11.8 Å². The van der Waals surface area contributed by atoms with Gasteiger partial charge in [-0.2, -0.15) is 0 Å². The summed E-state index contributed by atoms with van der Waals surface area (Å²) in [5.41, 5.74) is 0. The molecule has 0 bridgehead atoms. The second-order valence-electron chi connectivity index (χ2n) is 4.00. The molecule has 1 aromatic rings. The zero-order valence-corrected chi connectivity index (χ0v) is 11.0. The van der Waals surface area contributed by atoms with Crippen LogP contribution in [0, 0.1) is 5.92 Å². The molecule has 1 aliphatic rings. The van der Waals surface area contributed by atoms with Gasteiger partial charge in [0.1, 0.15) is 5.75 Å². The molecule has 1 fully saturated rings. The Balaban J connectivity index is 0.000000365. The maximum atomic E-state index is 5.15. The van der Waals surface area contributed by atoms with Crippen LogP contribution in [0.2, 0.25) is 0 Å². The monoisotopic (exact) mass is 240 g/mol. The van der Waals surface area contributed by atoms with Crippen LogP contribution in [-0.4, -0.2) is 26.1 Å². The average Bonchev–Trinajstić information content (AvgIpc) is 3.14. The molecule has 0 aliphatic carbocycles. The highest BCUT2D eigenvalue weighted by molar-refractivity contribution is 7.99. The lowest BCUT2D eigenvalue weighted by Gasteiger charge is -2.05. The molecule has 0 unspecified atom stereocenters. The lowest BCUT2D eigenvalue weighted by atomic mass is 10.3. The number of rotatable bonds is 4. The highest BCUT2D eigenvalue weighted by atomic mass is 32.2. The molecule has 0 N–H and O–H groups in total. The van der Waals surface area contributed by atoms with Gasteiger partial charge in [-0.25, -0.2) is 0 Å². The first-order chi connectivity index (χ1) is 7.72. The van der Waals surface area contributed by atoms with Crippen molar-refractivity contribution in [3.63, 3.8) is 0 Å². The molecule has 90 valence electrons. The predicted molar refractivity (Wildman–Crippen MR) is 69.4 cm³/mol. The molecule has 0 atom stereocenters. The molecule has 0 radical (unpaired) electrons. The van der Waals surface area contributed by atoms with E-state index < -0.39 is 0 Å². The molecule has 1 saturated heterocycles. The lowest BCUT2D eigenvalue weighted by molar-refractivity contribution is 0.413. The number of epoxide rings is 1. The van der Waals surface area contributed by atoms with Gasteiger partial charge < -0.3 is 9.47 Å². The van der Waals surface area contributed by atoms with E-state index in [0.717, 1.165) is 30.6 Å². The molecule has 16 heavy (non-hydrogen) atoms. The van der Waals surface area contributed by atoms with Crippen LogP contribution in [-0.2, 0) is 4.74 Å². The van der Waals surface area contributed by atoms with Gasteiger partial charge in [0.05, 0.1) is 20.3 Å². The van der Waals surface area contributed by atoms with Gasteiger partial charge in [0.25, 0.3) is 0 Å². The minimum Gasteiger partial charge on any atom is -0.497 e. The maximum Gasteiger partial charge on any atom is 0.119 e. The summed E-state index contributed by atoms with van der Waals surface area (Å²) in [6.07, 6.45) is 0. The first-order valence-electron chi connectivity index (χ1n) is 5.57. The van der Waals surface area contributed by atoms with E-state index in [1.54, 1.807) is 7.11 Å². The Morgan fingerprint density at radius 2 is 2.06 bits per heavy atom. The summed E-state index contributed by atoms with van der Waals surface area (Å²) in [6.45, 7) is 6.46. The van der Waals surface area contributed by atoms with Crippen LogP contribution in [0.5, 0.6) is 5.75 Å². The van der Waals surface area contributed by atoms with Crippen molar-refractivity contribution in [1.82, 2.24) is 0 Å². The Bertz CT molecular complexity index is 295. The first kappa shape index (κ1) is 13.4. The fourth-order valence-electron chi connectivity index (χ4n) is 0.954. The minimum atomic E-state index is 0.733. The Labute approximate surface area is 102 Å². The molecule has 1 aliphatic heterocycles. The smallest absolute Gasteiger partial charge is 0.119 e. The van der Waals surface area contributed by atoms with E-state index in [1.165, 1.54) is 4.90 Å². The van der Waals surface area contributed by atoms with Crippen molar-refractivity contribution < 1.29 is 9.47 Å². The van der Waals surface area contributed by atoms with Crippen molar-refractivity contribution in [3.05, 3.63) is 24.3 Å². The molecule has 3 heteroatoms. The summed E-state index contributed by atoms with van der Waals surface area (Å²) >= 11 is 1.88. The molecular formula is C13H20O2S. The predicted octanol–water partition coefficient (Wildman–Crippen LogP) is 3.46. The minimum absolute atomic E-state index is 0.733. The van der Waals surface area contributed by atoms with Gasteiger partial charge in [0, 0.05) is 10.6 Å². The van der Waals surface area contributed by atoms with E-state index in [0.29, 0.717) is 0 Å². The Morgan fingerprint density at radius 3 is 2.56 bits per heavy atom. The number of benzene rings is 1. The third-order valence-electron chi connectivity index (χ3n) is 1.83. The highest BCUT2D eigenvalue weighted by Crippen LogP contribution is 2.24. The standard InChI is InChI=1S/C11H16OS.C2H4O/c1-9(2)8-13-11-6-4-5-10(7-11)12-3;1-2-3-1/h4-7,9H,8H2,1-3H3;1-2H2. The number of thioether (sulfide) groups is 1. The van der Waals surface area contributed by atoms with Crippen molar-refractivity contribution in [2.45, 2.75) is 18.7 Å². The van der Waals surface area contributed by atoms with Crippen LogP contribution in [0.1, 0.15) is 13.8 Å². The summed E-state index contributed by atoms with van der Waals surface area (Å²) in [7, 11) is 1.70. The first-order valence-corrected chi connectivity index (χ1v) is 6.55. The normalized spacial score (nSPS) is 13.0. The molecule has 0 aromatic heterocycles. The van der Waals surface area contributed by atoms with Crippen molar-refractivity contribution in [2.75, 3.05) is 26.1 Å². The average molecular weight is 240 g/mol. The van der Waals surface area contributed by atoms with E-state index in [4.69, 9.17) is 4.74 Å². The van der Waals surface area contributed by atoms with Crippen LogP contribution in [0.3, 0.4) is 0 Å². The second-order valence-corrected chi connectivity index (χ2v) is 5.09. The quantitative estimate of drug-likeness (QED) is 0.594. The van der Waals surface area contributed by atoms with Gasteiger partial charge >= 0.3 is 0 Å². The zero-order chi connectivity index (χ0) is 11.8. The number of hydrogen-bond donors (Lipinski definition) is 0. The lowest BCUT2D eigenvalue weighted by Crippen LogP contribution is -1.90. The molecule has 2 rings (SSSR count). The third kappa shape index (κ3) is 6.75. The molecule has 0 amide bonds. The van der Waals surface area contributed by atoms with E-state index in [-0.39, 0.29) is 0 Å². The summed E-state index contributed by atoms with van der Waals surface area (Å²) in [5, 5.41) is 0.